The zero-order valence-electron chi connectivity index (χ0n) is 13.8. The van der Waals surface area contributed by atoms with E-state index >= 15 is 0 Å². The van der Waals surface area contributed by atoms with Crippen LogP contribution in [0.15, 0.2) is 57.4 Å². The lowest BCUT2D eigenvalue weighted by atomic mass is 10.0. The number of furan rings is 1. The van der Waals surface area contributed by atoms with Crippen molar-refractivity contribution in [1.29, 1.82) is 0 Å². The first kappa shape index (κ1) is 18.1. The van der Waals surface area contributed by atoms with Gasteiger partial charge < -0.3 is 14.5 Å². The lowest BCUT2D eigenvalue weighted by Crippen LogP contribution is -2.30. The Balaban J connectivity index is 1.86. The third-order valence-electron chi connectivity index (χ3n) is 3.90. The Morgan fingerprint density at radius 1 is 1.23 bits per heavy atom. The first-order chi connectivity index (χ1) is 12.5. The van der Waals surface area contributed by atoms with Crippen molar-refractivity contribution in [2.45, 2.75) is 12.5 Å². The van der Waals surface area contributed by atoms with Crippen molar-refractivity contribution in [2.24, 2.45) is 0 Å². The SMILES string of the molecule is COC(=O)CC(NC(=O)c1cc2cccc(Br)c2o1)c1ccc(F)cc1. The summed E-state index contributed by atoms with van der Waals surface area (Å²) in [5, 5.41) is 3.52. The highest BCUT2D eigenvalue weighted by atomic mass is 79.9. The number of nitrogens with one attached hydrogen (secondary N) is 1. The molecule has 0 saturated carbocycles. The van der Waals surface area contributed by atoms with Crippen molar-refractivity contribution in [2.75, 3.05) is 7.11 Å². The van der Waals surface area contributed by atoms with Crippen molar-refractivity contribution < 1.29 is 23.1 Å². The maximum atomic E-state index is 13.2. The molecule has 3 rings (SSSR count). The molecule has 0 spiro atoms. The predicted octanol–water partition coefficient (Wildman–Crippen LogP) is 4.37. The number of esters is 1. The number of rotatable bonds is 5. The Kier molecular flexibility index (Phi) is 5.37. The van der Waals surface area contributed by atoms with E-state index in [0.717, 1.165) is 9.86 Å². The summed E-state index contributed by atoms with van der Waals surface area (Å²) in [6, 6.07) is 12.0. The number of hydrogen-bond donors (Lipinski definition) is 1. The molecule has 1 N–H and O–H groups in total. The number of ether oxygens (including phenoxy) is 1. The first-order valence-electron chi connectivity index (χ1n) is 7.79. The molecule has 1 amide bonds. The summed E-state index contributed by atoms with van der Waals surface area (Å²) in [6.07, 6.45) is -0.0855. The van der Waals surface area contributed by atoms with E-state index in [0.29, 0.717) is 11.1 Å². The maximum absolute atomic E-state index is 13.2. The van der Waals surface area contributed by atoms with Crippen LogP contribution < -0.4 is 5.32 Å². The van der Waals surface area contributed by atoms with Crippen LogP contribution in [0.4, 0.5) is 4.39 Å². The molecule has 0 radical (unpaired) electrons. The largest absolute Gasteiger partial charge is 0.469 e. The summed E-state index contributed by atoms with van der Waals surface area (Å²) >= 11 is 3.37. The molecule has 1 heterocycles. The molecule has 1 aromatic heterocycles. The zero-order valence-corrected chi connectivity index (χ0v) is 15.4. The van der Waals surface area contributed by atoms with Gasteiger partial charge in [0.15, 0.2) is 5.76 Å². The Hall–Kier alpha value is -2.67. The van der Waals surface area contributed by atoms with E-state index in [4.69, 9.17) is 4.42 Å². The summed E-state index contributed by atoms with van der Waals surface area (Å²) < 4.78 is 24.2. The van der Waals surface area contributed by atoms with Gasteiger partial charge >= 0.3 is 5.97 Å². The van der Waals surface area contributed by atoms with Gasteiger partial charge in [-0.2, -0.15) is 0 Å². The summed E-state index contributed by atoms with van der Waals surface area (Å²) in [5.41, 5.74) is 1.14. The van der Waals surface area contributed by atoms with E-state index in [1.54, 1.807) is 6.07 Å². The number of benzene rings is 2. The molecule has 1 unspecified atom stereocenters. The predicted molar refractivity (Wildman–Crippen MR) is 97.2 cm³/mol. The molecule has 0 fully saturated rings. The van der Waals surface area contributed by atoms with Gasteiger partial charge in [-0.25, -0.2) is 4.39 Å². The van der Waals surface area contributed by atoms with Crippen LogP contribution in [-0.2, 0) is 9.53 Å². The number of carbonyl (C=O) groups is 2. The van der Waals surface area contributed by atoms with Crippen molar-refractivity contribution in [3.63, 3.8) is 0 Å². The second-order valence-electron chi connectivity index (χ2n) is 5.63. The quantitative estimate of drug-likeness (QED) is 0.623. The van der Waals surface area contributed by atoms with Crippen molar-refractivity contribution in [3.8, 4) is 0 Å². The lowest BCUT2D eigenvalue weighted by molar-refractivity contribution is -0.141. The molecular weight excluding hydrogens is 405 g/mol. The van der Waals surface area contributed by atoms with Crippen LogP contribution in [0, 0.1) is 5.82 Å². The van der Waals surface area contributed by atoms with Crippen molar-refractivity contribution in [3.05, 3.63) is 70.1 Å². The summed E-state index contributed by atoms with van der Waals surface area (Å²) in [6.45, 7) is 0. The van der Waals surface area contributed by atoms with E-state index in [1.807, 2.05) is 18.2 Å². The van der Waals surface area contributed by atoms with Gasteiger partial charge in [0.05, 0.1) is 24.0 Å². The van der Waals surface area contributed by atoms with Gasteiger partial charge in [0.2, 0.25) is 0 Å². The molecular formula is C19H15BrFNO4. The topological polar surface area (TPSA) is 68.5 Å². The van der Waals surface area contributed by atoms with Gasteiger partial charge in [-0.3, -0.25) is 9.59 Å². The summed E-state index contributed by atoms with van der Waals surface area (Å²) in [7, 11) is 1.27. The van der Waals surface area contributed by atoms with Gasteiger partial charge in [-0.05, 0) is 45.8 Å². The van der Waals surface area contributed by atoms with Crippen LogP contribution in [0.25, 0.3) is 11.0 Å². The van der Waals surface area contributed by atoms with Crippen LogP contribution >= 0.6 is 15.9 Å². The van der Waals surface area contributed by atoms with E-state index in [1.165, 1.54) is 31.4 Å². The molecule has 134 valence electrons. The van der Waals surface area contributed by atoms with Crippen molar-refractivity contribution in [1.82, 2.24) is 5.32 Å². The van der Waals surface area contributed by atoms with Crippen LogP contribution in [0.1, 0.15) is 28.6 Å². The maximum Gasteiger partial charge on any atom is 0.307 e. The third kappa shape index (κ3) is 3.94. The monoisotopic (exact) mass is 419 g/mol. The summed E-state index contributed by atoms with van der Waals surface area (Å²) in [5.74, 6) is -1.26. The fourth-order valence-corrected chi connectivity index (χ4v) is 3.03. The molecule has 3 aromatic rings. The minimum Gasteiger partial charge on any atom is -0.469 e. The second-order valence-corrected chi connectivity index (χ2v) is 6.48. The number of methoxy groups -OCH3 is 1. The third-order valence-corrected chi connectivity index (χ3v) is 4.52. The number of carbonyl (C=O) groups excluding carboxylic acids is 2. The molecule has 26 heavy (non-hydrogen) atoms. The zero-order chi connectivity index (χ0) is 18.7. The number of hydrogen-bond acceptors (Lipinski definition) is 4. The van der Waals surface area contributed by atoms with Gasteiger partial charge in [-0.15, -0.1) is 0 Å². The van der Waals surface area contributed by atoms with Crippen LogP contribution in [0.5, 0.6) is 0 Å². The molecule has 0 saturated heterocycles. The average Bonchev–Trinajstić information content (AvgIpc) is 3.07. The van der Waals surface area contributed by atoms with Crippen LogP contribution in [0.3, 0.4) is 0 Å². The second kappa shape index (κ2) is 7.70. The lowest BCUT2D eigenvalue weighted by Gasteiger charge is -2.17. The number of halogens is 2. The Bertz CT molecular complexity index is 952. The highest BCUT2D eigenvalue weighted by molar-refractivity contribution is 9.10. The van der Waals surface area contributed by atoms with E-state index in [-0.39, 0.29) is 12.2 Å². The van der Waals surface area contributed by atoms with Gasteiger partial charge in [-0.1, -0.05) is 24.3 Å². The molecule has 0 aliphatic carbocycles. The van der Waals surface area contributed by atoms with Crippen LogP contribution in [0.2, 0.25) is 0 Å². The molecule has 1 atom stereocenters. The first-order valence-corrected chi connectivity index (χ1v) is 8.58. The molecule has 7 heteroatoms. The summed E-state index contributed by atoms with van der Waals surface area (Å²) in [4.78, 5) is 24.3. The van der Waals surface area contributed by atoms with Crippen LogP contribution in [-0.4, -0.2) is 19.0 Å². The standard InChI is InChI=1S/C19H15BrFNO4/c1-25-17(23)10-15(11-5-7-13(21)8-6-11)22-19(24)16-9-12-3-2-4-14(20)18(12)26-16/h2-9,15H,10H2,1H3,(H,22,24). The van der Waals surface area contributed by atoms with E-state index < -0.39 is 23.7 Å². The number of amides is 1. The molecule has 0 aliphatic rings. The highest BCUT2D eigenvalue weighted by Gasteiger charge is 2.22. The Morgan fingerprint density at radius 2 is 1.96 bits per heavy atom. The molecule has 2 aromatic carbocycles. The minimum atomic E-state index is -0.674. The average molecular weight is 420 g/mol. The smallest absolute Gasteiger partial charge is 0.307 e. The molecule has 0 bridgehead atoms. The van der Waals surface area contributed by atoms with Gasteiger partial charge in [0, 0.05) is 5.39 Å². The van der Waals surface area contributed by atoms with E-state index in [2.05, 4.69) is 26.0 Å². The highest BCUT2D eigenvalue weighted by Crippen LogP contribution is 2.27. The minimum absolute atomic E-state index is 0.0855. The van der Waals surface area contributed by atoms with E-state index in [9.17, 15) is 14.0 Å². The number of fused-ring (bicyclic) bond motifs is 1. The Morgan fingerprint density at radius 3 is 2.62 bits per heavy atom. The molecule has 5 nitrogen and oxygen atoms in total. The van der Waals surface area contributed by atoms with Gasteiger partial charge in [0.25, 0.3) is 5.91 Å². The fraction of sp³-hybridized carbons (Fsp3) is 0.158. The molecule has 0 aliphatic heterocycles. The van der Waals surface area contributed by atoms with Gasteiger partial charge in [0.1, 0.15) is 11.4 Å². The normalized spacial score (nSPS) is 12.0. The van der Waals surface area contributed by atoms with Crippen molar-refractivity contribution >= 4 is 38.8 Å². The fourth-order valence-electron chi connectivity index (χ4n) is 2.57. The Labute approximate surface area is 157 Å². The number of para-hydroxylation sites is 1.